The van der Waals surface area contributed by atoms with Crippen molar-refractivity contribution in [2.45, 2.75) is 49.9 Å². The Morgan fingerprint density at radius 2 is 1.10 bits per heavy atom. The lowest BCUT2D eigenvalue weighted by atomic mass is 9.99. The Balaban J connectivity index is 2.17. The van der Waals surface area contributed by atoms with E-state index in [1.54, 1.807) is 0 Å². The van der Waals surface area contributed by atoms with Crippen molar-refractivity contribution >= 4 is 19.0 Å². The molecule has 0 aromatic rings. The number of hydrogen-bond acceptors (Lipinski definition) is 0. The molecule has 1 fully saturated rings. The molecule has 1 saturated carbocycles. The number of rotatable bonds is 2. The smallest absolute Gasteiger partial charge is 0.0378 e. The Bertz CT molecular complexity index is 73.3. The molecule has 2 heteroatoms. The second-order valence-corrected chi connectivity index (χ2v) is 5.91. The molecule has 1 rings (SSSR count). The molecule has 1 aliphatic rings. The van der Waals surface area contributed by atoms with Crippen molar-refractivity contribution in [3.8, 4) is 0 Å². The third-order valence-corrected chi connectivity index (χ3v) is 5.33. The van der Waals surface area contributed by atoms with E-state index in [2.05, 4.69) is 13.1 Å². The fraction of sp³-hybridized carbons (Fsp3) is 1.00. The average Bonchev–Trinajstić information content (AvgIpc) is 2.05. The summed E-state index contributed by atoms with van der Waals surface area (Å²) < 4.78 is 0. The molecule has 0 aromatic heterocycles. The van der Waals surface area contributed by atoms with Crippen LogP contribution in [0.3, 0.4) is 0 Å². The fourth-order valence-electron chi connectivity index (χ4n) is 1.67. The molecule has 0 heterocycles. The molecule has 0 unspecified atom stereocenters. The molecule has 0 bridgehead atoms. The molecule has 0 amide bonds. The Morgan fingerprint density at radius 3 is 1.30 bits per heavy atom. The summed E-state index contributed by atoms with van der Waals surface area (Å²) in [7, 11) is 2.40. The normalized spacial score (nSPS) is 34.2. The Kier molecular flexibility index (Phi) is 3.70. The summed E-state index contributed by atoms with van der Waals surface area (Å²) in [6.45, 7) is 4.72. The first-order valence-electron chi connectivity index (χ1n) is 4.21. The SMILES string of the molecule is C[Si]C1CCC([Si]C)CC1. The molecule has 56 valence electrons. The summed E-state index contributed by atoms with van der Waals surface area (Å²) in [5.41, 5.74) is 2.21. The van der Waals surface area contributed by atoms with Gasteiger partial charge in [0.1, 0.15) is 0 Å². The highest BCUT2D eigenvalue weighted by atomic mass is 28.2. The Morgan fingerprint density at radius 1 is 0.800 bits per heavy atom. The van der Waals surface area contributed by atoms with E-state index in [0.717, 1.165) is 11.1 Å². The summed E-state index contributed by atoms with van der Waals surface area (Å²) in [6.07, 6.45) is 6.11. The first kappa shape index (κ1) is 8.53. The van der Waals surface area contributed by atoms with Crippen molar-refractivity contribution in [3.05, 3.63) is 0 Å². The maximum absolute atomic E-state index is 2.36. The summed E-state index contributed by atoms with van der Waals surface area (Å²) in [4.78, 5) is 0. The highest BCUT2D eigenvalue weighted by Gasteiger charge is 2.18. The van der Waals surface area contributed by atoms with Gasteiger partial charge in [0.2, 0.25) is 0 Å². The molecule has 4 radical (unpaired) electrons. The van der Waals surface area contributed by atoms with Crippen molar-refractivity contribution in [1.29, 1.82) is 0 Å². The van der Waals surface area contributed by atoms with E-state index in [1.807, 2.05) is 0 Å². The van der Waals surface area contributed by atoms with Crippen LogP contribution in [-0.2, 0) is 0 Å². The molecule has 10 heavy (non-hydrogen) atoms. The lowest BCUT2D eigenvalue weighted by molar-refractivity contribution is 0.498. The third-order valence-electron chi connectivity index (χ3n) is 2.54. The molecule has 0 atom stereocenters. The second kappa shape index (κ2) is 4.34. The predicted molar refractivity (Wildman–Crippen MR) is 49.2 cm³/mol. The van der Waals surface area contributed by atoms with Crippen LogP contribution in [0.15, 0.2) is 0 Å². The van der Waals surface area contributed by atoms with Gasteiger partial charge in [-0.25, -0.2) is 0 Å². The van der Waals surface area contributed by atoms with Crippen LogP contribution in [-0.4, -0.2) is 19.0 Å². The molecule has 0 saturated heterocycles. The van der Waals surface area contributed by atoms with Gasteiger partial charge in [-0.15, -0.1) is 0 Å². The molecule has 0 spiro atoms. The van der Waals surface area contributed by atoms with Crippen LogP contribution in [0.2, 0.25) is 24.2 Å². The van der Waals surface area contributed by atoms with Gasteiger partial charge in [-0.3, -0.25) is 0 Å². The average molecular weight is 168 g/mol. The van der Waals surface area contributed by atoms with Gasteiger partial charge in [0.15, 0.2) is 0 Å². The maximum Gasteiger partial charge on any atom is 0.0378 e. The second-order valence-electron chi connectivity index (χ2n) is 3.13. The first-order valence-corrected chi connectivity index (χ1v) is 7.37. The van der Waals surface area contributed by atoms with Gasteiger partial charge in [0.05, 0.1) is 0 Å². The van der Waals surface area contributed by atoms with Crippen LogP contribution < -0.4 is 0 Å². The highest BCUT2D eigenvalue weighted by molar-refractivity contribution is 6.37. The molecule has 0 aromatic carbocycles. The zero-order chi connectivity index (χ0) is 7.40. The van der Waals surface area contributed by atoms with Gasteiger partial charge in [-0.05, 0) is 11.1 Å². The van der Waals surface area contributed by atoms with Crippen LogP contribution in [0.4, 0.5) is 0 Å². The molecule has 0 N–H and O–H groups in total. The summed E-state index contributed by atoms with van der Waals surface area (Å²) >= 11 is 0. The van der Waals surface area contributed by atoms with E-state index in [-0.39, 0.29) is 0 Å². The van der Waals surface area contributed by atoms with Crippen molar-refractivity contribution < 1.29 is 0 Å². The van der Waals surface area contributed by atoms with Crippen LogP contribution >= 0.6 is 0 Å². The van der Waals surface area contributed by atoms with Crippen molar-refractivity contribution in [3.63, 3.8) is 0 Å². The minimum absolute atomic E-state index is 1.10. The van der Waals surface area contributed by atoms with Crippen LogP contribution in [0.1, 0.15) is 25.7 Å². The van der Waals surface area contributed by atoms with Crippen LogP contribution in [0.25, 0.3) is 0 Å². The maximum atomic E-state index is 2.36. The molecule has 0 nitrogen and oxygen atoms in total. The lowest BCUT2D eigenvalue weighted by Gasteiger charge is -2.26. The van der Waals surface area contributed by atoms with E-state index >= 15 is 0 Å². The molecule has 0 aliphatic heterocycles. The summed E-state index contributed by atoms with van der Waals surface area (Å²) in [5.74, 6) is 0. The van der Waals surface area contributed by atoms with E-state index < -0.39 is 0 Å². The van der Waals surface area contributed by atoms with Gasteiger partial charge in [0.25, 0.3) is 0 Å². The largest absolute Gasteiger partial charge is 0.0731 e. The monoisotopic (exact) mass is 168 g/mol. The van der Waals surface area contributed by atoms with Gasteiger partial charge in [-0.2, -0.15) is 0 Å². The standard InChI is InChI=1S/C8H16Si2/c1-9-7-3-5-8(10-2)6-4-7/h7-8H,3-6H2,1-2H3. The van der Waals surface area contributed by atoms with E-state index in [9.17, 15) is 0 Å². The van der Waals surface area contributed by atoms with Gasteiger partial charge in [0, 0.05) is 19.0 Å². The predicted octanol–water partition coefficient (Wildman–Crippen LogP) is 2.64. The quantitative estimate of drug-likeness (QED) is 0.556. The minimum atomic E-state index is 1.10. The Hall–Kier alpha value is 0.434. The van der Waals surface area contributed by atoms with E-state index in [0.29, 0.717) is 0 Å². The zero-order valence-corrected chi connectivity index (χ0v) is 8.98. The Labute approximate surface area is 69.4 Å². The van der Waals surface area contributed by atoms with E-state index in [4.69, 9.17) is 0 Å². The molecular weight excluding hydrogens is 152 g/mol. The number of hydrogen-bond donors (Lipinski definition) is 0. The fourth-order valence-corrected chi connectivity index (χ4v) is 3.49. The van der Waals surface area contributed by atoms with Crippen molar-refractivity contribution in [1.82, 2.24) is 0 Å². The molecule has 1 aliphatic carbocycles. The lowest BCUT2D eigenvalue weighted by Crippen LogP contribution is -2.12. The van der Waals surface area contributed by atoms with E-state index in [1.165, 1.54) is 44.7 Å². The minimum Gasteiger partial charge on any atom is -0.0731 e. The van der Waals surface area contributed by atoms with Crippen LogP contribution in [0.5, 0.6) is 0 Å². The summed E-state index contributed by atoms with van der Waals surface area (Å²) in [6, 6.07) is 0. The third kappa shape index (κ3) is 2.24. The van der Waals surface area contributed by atoms with Gasteiger partial charge < -0.3 is 0 Å². The van der Waals surface area contributed by atoms with Crippen molar-refractivity contribution in [2.75, 3.05) is 0 Å². The van der Waals surface area contributed by atoms with Crippen molar-refractivity contribution in [2.24, 2.45) is 0 Å². The first-order chi connectivity index (χ1) is 4.86. The van der Waals surface area contributed by atoms with Crippen LogP contribution in [0, 0.1) is 0 Å². The highest BCUT2D eigenvalue weighted by Crippen LogP contribution is 2.34. The van der Waals surface area contributed by atoms with Gasteiger partial charge >= 0.3 is 0 Å². The van der Waals surface area contributed by atoms with Gasteiger partial charge in [-0.1, -0.05) is 38.8 Å². The topological polar surface area (TPSA) is 0 Å². The summed E-state index contributed by atoms with van der Waals surface area (Å²) in [5, 5.41) is 0. The molecular formula is C8H16Si2. The zero-order valence-electron chi connectivity index (χ0n) is 6.98.